The molecule has 1 aromatic heterocycles. The Hall–Kier alpha value is -2.69. The van der Waals surface area contributed by atoms with Gasteiger partial charge in [-0.3, -0.25) is 4.79 Å². The van der Waals surface area contributed by atoms with Crippen LogP contribution in [0.1, 0.15) is 25.5 Å². The third-order valence-corrected chi connectivity index (χ3v) is 4.47. The standard InChI is InChI=1S/C20H24N2O3/c1-14-4-3-11-22(13-14)20(23)10-7-16-6-9-19(25-16)17-12-15(21)5-8-18(17)24-2/h5-10,12,14H,3-4,11,13,21H2,1-2H3/b10-7+. The maximum Gasteiger partial charge on any atom is 0.246 e. The van der Waals surface area contributed by atoms with E-state index < -0.39 is 0 Å². The van der Waals surface area contributed by atoms with Crippen molar-refractivity contribution >= 4 is 17.7 Å². The topological polar surface area (TPSA) is 68.7 Å². The van der Waals surface area contributed by atoms with Gasteiger partial charge in [0.25, 0.3) is 0 Å². The lowest BCUT2D eigenvalue weighted by Crippen LogP contribution is -2.38. The normalized spacial score (nSPS) is 17.8. The lowest BCUT2D eigenvalue weighted by molar-refractivity contribution is -0.127. The van der Waals surface area contributed by atoms with Crippen LogP contribution >= 0.6 is 0 Å². The summed E-state index contributed by atoms with van der Waals surface area (Å²) in [6.07, 6.45) is 5.55. The van der Waals surface area contributed by atoms with Crippen LogP contribution in [0.3, 0.4) is 0 Å². The number of rotatable bonds is 4. The van der Waals surface area contributed by atoms with Gasteiger partial charge in [0.1, 0.15) is 17.3 Å². The van der Waals surface area contributed by atoms with E-state index in [4.69, 9.17) is 14.9 Å². The van der Waals surface area contributed by atoms with Gasteiger partial charge in [-0.05, 0) is 55.2 Å². The molecule has 2 N–H and O–H groups in total. The predicted molar refractivity (Wildman–Crippen MR) is 99.1 cm³/mol. The molecule has 132 valence electrons. The molecule has 5 nitrogen and oxygen atoms in total. The Morgan fingerprint density at radius 2 is 2.20 bits per heavy atom. The van der Waals surface area contributed by atoms with Gasteiger partial charge in [0, 0.05) is 24.9 Å². The second-order valence-electron chi connectivity index (χ2n) is 6.53. The fourth-order valence-electron chi connectivity index (χ4n) is 3.15. The van der Waals surface area contributed by atoms with Crippen molar-refractivity contribution in [2.75, 3.05) is 25.9 Å². The molecule has 0 saturated carbocycles. The summed E-state index contributed by atoms with van der Waals surface area (Å²) in [6, 6.07) is 9.09. The van der Waals surface area contributed by atoms with Crippen molar-refractivity contribution in [1.82, 2.24) is 4.90 Å². The monoisotopic (exact) mass is 340 g/mol. The lowest BCUT2D eigenvalue weighted by atomic mass is 10.0. The van der Waals surface area contributed by atoms with Crippen LogP contribution in [0, 0.1) is 5.92 Å². The Morgan fingerprint density at radius 3 is 2.96 bits per heavy atom. The maximum absolute atomic E-state index is 12.3. The molecule has 0 aliphatic carbocycles. The number of hydrogen-bond acceptors (Lipinski definition) is 4. The largest absolute Gasteiger partial charge is 0.496 e. The Bertz CT molecular complexity index is 779. The average Bonchev–Trinajstić information content (AvgIpc) is 3.08. The molecule has 25 heavy (non-hydrogen) atoms. The van der Waals surface area contributed by atoms with Crippen LogP contribution in [0.4, 0.5) is 5.69 Å². The molecule has 0 bridgehead atoms. The first-order valence-corrected chi connectivity index (χ1v) is 8.57. The van der Waals surface area contributed by atoms with Crippen LogP contribution in [-0.4, -0.2) is 31.0 Å². The number of furan rings is 1. The van der Waals surface area contributed by atoms with Crippen molar-refractivity contribution < 1.29 is 13.9 Å². The molecule has 1 aromatic carbocycles. The quantitative estimate of drug-likeness (QED) is 0.679. The highest BCUT2D eigenvalue weighted by molar-refractivity contribution is 5.91. The number of carbonyl (C=O) groups excluding carboxylic acids is 1. The molecule has 2 aromatic rings. The summed E-state index contributed by atoms with van der Waals surface area (Å²) in [7, 11) is 1.61. The Labute approximate surface area is 148 Å². The van der Waals surface area contributed by atoms with Gasteiger partial charge in [-0.25, -0.2) is 0 Å². The summed E-state index contributed by atoms with van der Waals surface area (Å²) in [6.45, 7) is 3.84. The highest BCUT2D eigenvalue weighted by Crippen LogP contribution is 2.33. The molecule has 5 heteroatoms. The number of likely N-dealkylation sites (tertiary alicyclic amines) is 1. The minimum atomic E-state index is 0.0334. The van der Waals surface area contributed by atoms with Crippen molar-refractivity contribution in [3.8, 4) is 17.1 Å². The predicted octanol–water partition coefficient (Wildman–Crippen LogP) is 3.81. The van der Waals surface area contributed by atoms with Gasteiger partial charge in [0.15, 0.2) is 0 Å². The Kier molecular flexibility index (Phi) is 5.12. The number of benzene rings is 1. The first-order chi connectivity index (χ1) is 12.1. The minimum absolute atomic E-state index is 0.0334. The summed E-state index contributed by atoms with van der Waals surface area (Å²) in [5.74, 6) is 2.57. The molecule has 3 rings (SSSR count). The van der Waals surface area contributed by atoms with Crippen LogP contribution in [0.2, 0.25) is 0 Å². The third kappa shape index (κ3) is 4.05. The van der Waals surface area contributed by atoms with Gasteiger partial charge < -0.3 is 19.8 Å². The van der Waals surface area contributed by atoms with E-state index in [9.17, 15) is 4.79 Å². The summed E-state index contributed by atoms with van der Waals surface area (Å²) in [5.41, 5.74) is 7.28. The number of amides is 1. The second kappa shape index (κ2) is 7.47. The fraction of sp³-hybridized carbons (Fsp3) is 0.350. The van der Waals surface area contributed by atoms with E-state index in [1.54, 1.807) is 25.3 Å². The van der Waals surface area contributed by atoms with E-state index in [2.05, 4.69) is 6.92 Å². The SMILES string of the molecule is COc1ccc(N)cc1-c1ccc(/C=C/C(=O)N2CCCC(C)C2)o1. The van der Waals surface area contributed by atoms with Crippen LogP contribution in [0.25, 0.3) is 17.4 Å². The van der Waals surface area contributed by atoms with E-state index in [1.165, 1.54) is 6.42 Å². The lowest BCUT2D eigenvalue weighted by Gasteiger charge is -2.29. The number of nitrogens with zero attached hydrogens (tertiary/aromatic N) is 1. The van der Waals surface area contributed by atoms with E-state index in [-0.39, 0.29) is 5.91 Å². The zero-order valence-electron chi connectivity index (χ0n) is 14.7. The van der Waals surface area contributed by atoms with E-state index in [1.807, 2.05) is 29.2 Å². The second-order valence-corrected chi connectivity index (χ2v) is 6.53. The summed E-state index contributed by atoms with van der Waals surface area (Å²) < 4.78 is 11.2. The molecule has 1 atom stereocenters. The molecule has 2 heterocycles. The molecule has 1 aliphatic heterocycles. The summed E-state index contributed by atoms with van der Waals surface area (Å²) >= 11 is 0. The molecule has 0 radical (unpaired) electrons. The van der Waals surface area contributed by atoms with Crippen LogP contribution in [0.5, 0.6) is 5.75 Å². The molecule has 1 aliphatic rings. The zero-order valence-corrected chi connectivity index (χ0v) is 14.7. The first-order valence-electron chi connectivity index (χ1n) is 8.57. The van der Waals surface area contributed by atoms with Crippen LogP contribution in [-0.2, 0) is 4.79 Å². The van der Waals surface area contributed by atoms with Crippen molar-refractivity contribution in [2.45, 2.75) is 19.8 Å². The van der Waals surface area contributed by atoms with Crippen LogP contribution < -0.4 is 10.5 Å². The van der Waals surface area contributed by atoms with Crippen LogP contribution in [0.15, 0.2) is 40.8 Å². The number of piperidine rings is 1. The van der Waals surface area contributed by atoms with Gasteiger partial charge in [-0.1, -0.05) is 6.92 Å². The first kappa shape index (κ1) is 17.1. The molecular formula is C20H24N2O3. The molecular weight excluding hydrogens is 316 g/mol. The fourth-order valence-corrected chi connectivity index (χ4v) is 3.15. The number of ether oxygens (including phenoxy) is 1. The maximum atomic E-state index is 12.3. The Morgan fingerprint density at radius 1 is 1.36 bits per heavy atom. The highest BCUT2D eigenvalue weighted by atomic mass is 16.5. The highest BCUT2D eigenvalue weighted by Gasteiger charge is 2.19. The number of nitrogens with two attached hydrogens (primary N) is 1. The van der Waals surface area contributed by atoms with Crippen molar-refractivity contribution in [3.05, 3.63) is 42.2 Å². The van der Waals surface area contributed by atoms with Gasteiger partial charge >= 0.3 is 0 Å². The van der Waals surface area contributed by atoms with Crippen molar-refractivity contribution in [2.24, 2.45) is 5.92 Å². The van der Waals surface area contributed by atoms with Gasteiger partial charge in [-0.2, -0.15) is 0 Å². The third-order valence-electron chi connectivity index (χ3n) is 4.47. The average molecular weight is 340 g/mol. The minimum Gasteiger partial charge on any atom is -0.496 e. The van der Waals surface area contributed by atoms with Crippen molar-refractivity contribution in [1.29, 1.82) is 0 Å². The molecule has 1 amide bonds. The van der Waals surface area contributed by atoms with Gasteiger partial charge in [0.2, 0.25) is 5.91 Å². The van der Waals surface area contributed by atoms with E-state index >= 15 is 0 Å². The number of anilines is 1. The van der Waals surface area contributed by atoms with Gasteiger partial charge in [-0.15, -0.1) is 0 Å². The van der Waals surface area contributed by atoms with E-state index in [0.717, 1.165) is 25.1 Å². The summed E-state index contributed by atoms with van der Waals surface area (Å²) in [5, 5.41) is 0. The molecule has 1 unspecified atom stereocenters. The summed E-state index contributed by atoms with van der Waals surface area (Å²) in [4.78, 5) is 14.2. The number of carbonyl (C=O) groups is 1. The van der Waals surface area contributed by atoms with E-state index in [0.29, 0.717) is 28.9 Å². The zero-order chi connectivity index (χ0) is 17.8. The number of methoxy groups -OCH3 is 1. The molecule has 1 fully saturated rings. The molecule has 0 spiro atoms. The Balaban J connectivity index is 1.73. The van der Waals surface area contributed by atoms with Gasteiger partial charge in [0.05, 0.1) is 12.7 Å². The van der Waals surface area contributed by atoms with Crippen molar-refractivity contribution in [3.63, 3.8) is 0 Å². The number of hydrogen-bond donors (Lipinski definition) is 1. The smallest absolute Gasteiger partial charge is 0.246 e. The molecule has 1 saturated heterocycles. The number of nitrogen functional groups attached to an aromatic ring is 1.